The number of hydrogen-bond donors (Lipinski definition) is 0. The van der Waals surface area contributed by atoms with Crippen LogP contribution in [0.25, 0.3) is 10.8 Å². The third-order valence-electron chi connectivity index (χ3n) is 1.73. The first-order valence-electron chi connectivity index (χ1n) is 3.54. The molecule has 0 amide bonds. The van der Waals surface area contributed by atoms with Gasteiger partial charge in [0.05, 0.1) is 0 Å². The number of benzene rings is 2. The third-order valence-corrected chi connectivity index (χ3v) is 2.32. The first kappa shape index (κ1) is 10.0. The van der Waals surface area contributed by atoms with Gasteiger partial charge in [-0.1, -0.05) is 0 Å². The van der Waals surface area contributed by atoms with Crippen LogP contribution in [-0.2, 0) is 22.4 Å². The molecule has 2 rings (SSSR count). The molecule has 0 nitrogen and oxygen atoms in total. The van der Waals surface area contributed by atoms with Gasteiger partial charge in [-0.25, -0.2) is 0 Å². The summed E-state index contributed by atoms with van der Waals surface area (Å²) in [6, 6.07) is 14.8. The molecule has 2 aromatic carbocycles. The average molecular weight is 315 g/mol. The fraction of sp³-hybridized carbons (Fsp3) is 0. The zero-order chi connectivity index (χ0) is 7.68. The Kier molecular flexibility index (Phi) is 3.57. The van der Waals surface area contributed by atoms with Gasteiger partial charge in [0.1, 0.15) is 0 Å². The Balaban J connectivity index is 0.000000720. The second-order valence-electron chi connectivity index (χ2n) is 2.53. The summed E-state index contributed by atoms with van der Waals surface area (Å²) in [5.74, 6) is 0. The molecule has 2 heteroatoms. The maximum absolute atomic E-state index is 2.56. The number of rotatable bonds is 0. The van der Waals surface area contributed by atoms with Gasteiger partial charge >= 0.3 is 73.7 Å². The fourth-order valence-corrected chi connectivity index (χ4v) is 1.62. The summed E-state index contributed by atoms with van der Waals surface area (Å²) in [5.41, 5.74) is 0. The summed E-state index contributed by atoms with van der Waals surface area (Å²) in [6.07, 6.45) is 0. The van der Waals surface area contributed by atoms with Gasteiger partial charge in [0.25, 0.3) is 0 Å². The van der Waals surface area contributed by atoms with Crippen LogP contribution in [-0.4, -0.2) is 16.0 Å². The summed E-state index contributed by atoms with van der Waals surface area (Å²) in [4.78, 5) is 0. The topological polar surface area (TPSA) is 0 Å². The molecule has 0 spiro atoms. The van der Waals surface area contributed by atoms with Crippen molar-refractivity contribution in [2.24, 2.45) is 0 Å². The Morgan fingerprint density at radius 2 is 1.50 bits per heavy atom. The van der Waals surface area contributed by atoms with Gasteiger partial charge < -0.3 is 0 Å². The van der Waals surface area contributed by atoms with Crippen LogP contribution in [0.4, 0.5) is 0 Å². The van der Waals surface area contributed by atoms with Crippen molar-refractivity contribution in [2.75, 3.05) is 0 Å². The van der Waals surface area contributed by atoms with Gasteiger partial charge in [-0.3, -0.25) is 0 Å². The Morgan fingerprint density at radius 3 is 2.25 bits per heavy atom. The van der Waals surface area contributed by atoms with E-state index in [0.29, 0.717) is 0 Å². The molecule has 0 unspecified atom stereocenters. The molecule has 2 aromatic rings. The zero-order valence-electron chi connectivity index (χ0n) is 6.29. The monoisotopic (exact) mass is 315 g/mol. The van der Waals surface area contributed by atoms with Crippen LogP contribution in [0.5, 0.6) is 0 Å². The van der Waals surface area contributed by atoms with E-state index in [9.17, 15) is 0 Å². The van der Waals surface area contributed by atoms with E-state index >= 15 is 0 Å². The van der Waals surface area contributed by atoms with Crippen molar-refractivity contribution in [1.29, 1.82) is 0 Å². The van der Waals surface area contributed by atoms with E-state index in [1.54, 1.807) is 0 Å². The van der Waals surface area contributed by atoms with Gasteiger partial charge in [0.15, 0.2) is 0 Å². The molecule has 0 fully saturated rings. The molecule has 0 N–H and O–H groups in total. The quantitative estimate of drug-likeness (QED) is 0.644. The molecule has 0 saturated carbocycles. The second kappa shape index (κ2) is 4.27. The molecular formula is C10H8AgSe. The number of hydrogen-bond acceptors (Lipinski definition) is 0. The van der Waals surface area contributed by atoms with E-state index in [0.717, 1.165) is 0 Å². The van der Waals surface area contributed by atoms with Gasteiger partial charge in [0.2, 0.25) is 0 Å². The molecule has 1 radical (unpaired) electrons. The molecule has 0 bridgehead atoms. The van der Waals surface area contributed by atoms with Crippen LogP contribution in [0.1, 0.15) is 0 Å². The van der Waals surface area contributed by atoms with E-state index < -0.39 is 0 Å². The molecular weight excluding hydrogens is 307 g/mol. The van der Waals surface area contributed by atoms with Gasteiger partial charge in [-0.05, 0) is 0 Å². The summed E-state index contributed by atoms with van der Waals surface area (Å²) in [5, 5.41) is 2.62. The van der Waals surface area contributed by atoms with Crippen LogP contribution in [0.15, 0.2) is 42.5 Å². The van der Waals surface area contributed by atoms with Crippen molar-refractivity contribution in [3.8, 4) is 0 Å². The van der Waals surface area contributed by atoms with Crippen LogP contribution < -0.4 is 4.46 Å². The Hall–Kier alpha value is -0.0403. The van der Waals surface area contributed by atoms with Crippen molar-refractivity contribution in [3.63, 3.8) is 0 Å². The van der Waals surface area contributed by atoms with Crippen LogP contribution in [0, 0.1) is 0 Å². The van der Waals surface area contributed by atoms with E-state index in [2.05, 4.69) is 58.5 Å². The van der Waals surface area contributed by atoms with E-state index in [1.165, 1.54) is 15.2 Å². The summed E-state index contributed by atoms with van der Waals surface area (Å²) in [6.45, 7) is 0. The van der Waals surface area contributed by atoms with Crippen molar-refractivity contribution in [2.45, 2.75) is 0 Å². The van der Waals surface area contributed by atoms with E-state index in [4.69, 9.17) is 0 Å². The van der Waals surface area contributed by atoms with Crippen molar-refractivity contribution < 1.29 is 22.4 Å². The molecule has 0 atom stereocenters. The predicted octanol–water partition coefficient (Wildman–Crippen LogP) is 1.36. The molecule has 0 saturated heterocycles. The van der Waals surface area contributed by atoms with E-state index in [-0.39, 0.29) is 22.4 Å². The molecule has 0 aliphatic rings. The second-order valence-corrected chi connectivity index (χ2v) is 3.61. The summed E-state index contributed by atoms with van der Waals surface area (Å²) < 4.78 is 1.26. The standard InChI is InChI=1S/C10H8Se.Ag/c11-10-6-5-8-3-1-2-4-9(8)7-10;/h1-7,11H;. The fourth-order valence-electron chi connectivity index (χ4n) is 1.18. The van der Waals surface area contributed by atoms with Crippen molar-refractivity contribution in [1.82, 2.24) is 0 Å². The SMILES string of the molecule is [Ag].[SeH]c1ccc2ccccc2c1. The average Bonchev–Trinajstić information content (AvgIpc) is 2.04. The van der Waals surface area contributed by atoms with Crippen LogP contribution in [0.3, 0.4) is 0 Å². The van der Waals surface area contributed by atoms with Gasteiger partial charge in [-0.2, -0.15) is 0 Å². The first-order chi connectivity index (χ1) is 5.36. The molecule has 0 heterocycles. The molecule has 0 aromatic heterocycles. The Bertz CT molecular complexity index is 384. The Morgan fingerprint density at radius 1 is 0.833 bits per heavy atom. The molecule has 0 aliphatic heterocycles. The molecule has 12 heavy (non-hydrogen) atoms. The Labute approximate surface area is 95.7 Å². The first-order valence-corrected chi connectivity index (χ1v) is 4.48. The third kappa shape index (κ3) is 2.01. The van der Waals surface area contributed by atoms with Crippen LogP contribution >= 0.6 is 0 Å². The predicted molar refractivity (Wildman–Crippen MR) is 50.7 cm³/mol. The van der Waals surface area contributed by atoms with E-state index in [1.807, 2.05) is 0 Å². The normalized spacial score (nSPS) is 9.42. The van der Waals surface area contributed by atoms with Crippen molar-refractivity contribution >= 4 is 31.2 Å². The summed E-state index contributed by atoms with van der Waals surface area (Å²) in [7, 11) is 0. The van der Waals surface area contributed by atoms with Crippen LogP contribution in [0.2, 0.25) is 0 Å². The summed E-state index contributed by atoms with van der Waals surface area (Å²) >= 11 is 2.56. The molecule has 0 aliphatic carbocycles. The van der Waals surface area contributed by atoms with Gasteiger partial charge in [0, 0.05) is 22.4 Å². The van der Waals surface area contributed by atoms with Crippen molar-refractivity contribution in [3.05, 3.63) is 42.5 Å². The van der Waals surface area contributed by atoms with Gasteiger partial charge in [-0.15, -0.1) is 0 Å². The maximum atomic E-state index is 2.56. The zero-order valence-corrected chi connectivity index (χ0v) is 9.65. The molecule has 65 valence electrons. The minimum absolute atomic E-state index is 0. The minimum atomic E-state index is 0. The number of fused-ring (bicyclic) bond motifs is 1.